The summed E-state index contributed by atoms with van der Waals surface area (Å²) in [7, 11) is 0. The zero-order valence-electron chi connectivity index (χ0n) is 40.6. The zero-order chi connectivity index (χ0) is 53.8. The summed E-state index contributed by atoms with van der Waals surface area (Å²) in [5.74, 6) is -8.85. The van der Waals surface area contributed by atoms with E-state index in [1.807, 2.05) is 0 Å². The van der Waals surface area contributed by atoms with Crippen molar-refractivity contribution in [1.29, 1.82) is 0 Å². The minimum absolute atomic E-state index is 0.119. The lowest BCUT2D eigenvalue weighted by Crippen LogP contribution is -2.63. The molecule has 0 aromatic carbocycles. The molecule has 5 aliphatic rings. The molecule has 19 atom stereocenters. The monoisotopic (exact) mass is 1040 g/mol. The van der Waals surface area contributed by atoms with Crippen molar-refractivity contribution in [3.8, 4) is 0 Å². The average Bonchev–Trinajstić information content (AvgIpc) is 3.53. The second-order valence-corrected chi connectivity index (χ2v) is 20.4. The van der Waals surface area contributed by atoms with Crippen LogP contribution in [0.4, 0.5) is 0 Å². The molecule has 5 rings (SSSR count). The van der Waals surface area contributed by atoms with Gasteiger partial charge in [0.2, 0.25) is 29.9 Å². The van der Waals surface area contributed by atoms with Gasteiger partial charge < -0.3 is 120 Å². The molecule has 414 valence electrons. The van der Waals surface area contributed by atoms with Crippen LogP contribution in [0.2, 0.25) is 0 Å². The van der Waals surface area contributed by atoms with Gasteiger partial charge in [0.05, 0.1) is 23.7 Å². The van der Waals surface area contributed by atoms with E-state index in [-0.39, 0.29) is 24.7 Å². The van der Waals surface area contributed by atoms with Crippen molar-refractivity contribution in [2.75, 3.05) is 26.4 Å². The Morgan fingerprint density at radius 2 is 1.35 bits per heavy atom. The molecule has 4 aliphatic carbocycles. The van der Waals surface area contributed by atoms with Gasteiger partial charge in [-0.25, -0.2) is 0 Å². The topological polar surface area (TPSA) is 437 Å². The third kappa shape index (κ3) is 11.8. The number of carbonyl (C=O) groups excluding carboxylic acids is 1. The van der Waals surface area contributed by atoms with Crippen LogP contribution in [-0.2, 0) is 33.2 Å². The van der Waals surface area contributed by atoms with E-state index < -0.39 is 188 Å². The van der Waals surface area contributed by atoms with Gasteiger partial charge in [-0.05, 0) is 93.5 Å². The normalized spacial score (nSPS) is 37.0. The smallest absolute Gasteiger partial charge is 0.324 e. The van der Waals surface area contributed by atoms with Crippen molar-refractivity contribution < 1.29 is 125 Å². The number of ether oxygens (including phenoxy) is 6. The van der Waals surface area contributed by atoms with Gasteiger partial charge in [-0.2, -0.15) is 0 Å². The van der Waals surface area contributed by atoms with E-state index in [2.05, 4.69) is 13.5 Å². The van der Waals surface area contributed by atoms with E-state index in [4.69, 9.17) is 28.4 Å². The maximum absolute atomic E-state index is 14.6. The second-order valence-electron chi connectivity index (χ2n) is 20.4. The summed E-state index contributed by atoms with van der Waals surface area (Å²) in [5.41, 5.74) is -3.23. The number of rotatable bonds is 24. The summed E-state index contributed by atoms with van der Waals surface area (Å²) in [6.45, 7) is 6.44. The van der Waals surface area contributed by atoms with Crippen molar-refractivity contribution in [2.24, 2.45) is 28.1 Å². The van der Waals surface area contributed by atoms with Crippen molar-refractivity contribution in [1.82, 2.24) is 0 Å². The molecule has 1 saturated heterocycles. The number of aliphatic hydroxyl groups is 18. The molecule has 19 unspecified atom stereocenters. The molecule has 0 amide bonds. The molecule has 25 heteroatoms. The fraction of sp³-hybridized carbons (Fsp3) is 0.809. The molecule has 1 aliphatic heterocycles. The van der Waals surface area contributed by atoms with Gasteiger partial charge in [0.1, 0.15) is 42.7 Å². The molecule has 0 aromatic heterocycles. The minimum atomic E-state index is -2.68. The quantitative estimate of drug-likeness (QED) is 0.0220. The Balaban J connectivity index is 1.46. The summed E-state index contributed by atoms with van der Waals surface area (Å²) in [6.07, 6.45) is -23.2. The zero-order valence-corrected chi connectivity index (χ0v) is 40.6. The fourth-order valence-corrected chi connectivity index (χ4v) is 12.1. The molecule has 0 radical (unpaired) electrons. The van der Waals surface area contributed by atoms with E-state index in [0.717, 1.165) is 0 Å². The largest absolute Gasteiger partial charge is 0.506 e. The highest BCUT2D eigenvalue weighted by Gasteiger charge is 2.69. The molecular formula is C47H76O25. The molecule has 0 aromatic rings. The summed E-state index contributed by atoms with van der Waals surface area (Å²) < 4.78 is 34.2. The van der Waals surface area contributed by atoms with Gasteiger partial charge in [0.25, 0.3) is 6.29 Å². The fourth-order valence-electron chi connectivity index (χ4n) is 12.1. The highest BCUT2D eigenvalue weighted by molar-refractivity contribution is 5.77. The Bertz CT molecular complexity index is 1960. The Labute approximate surface area is 415 Å². The first-order valence-corrected chi connectivity index (χ1v) is 24.2. The van der Waals surface area contributed by atoms with Crippen LogP contribution < -0.4 is 0 Å². The molecular weight excluding hydrogens is 964 g/mol. The van der Waals surface area contributed by atoms with Crippen LogP contribution in [0, 0.1) is 28.1 Å². The number of fused-ring (bicyclic) bond motifs is 3. The maximum atomic E-state index is 14.6. The van der Waals surface area contributed by atoms with Gasteiger partial charge in [-0.1, -0.05) is 19.9 Å². The van der Waals surface area contributed by atoms with Crippen LogP contribution in [0.5, 0.6) is 0 Å². The molecule has 2 bridgehead atoms. The Kier molecular flexibility index (Phi) is 19.8. The van der Waals surface area contributed by atoms with Gasteiger partial charge in [0.15, 0.2) is 23.9 Å². The van der Waals surface area contributed by atoms with E-state index in [9.17, 15) is 96.7 Å². The van der Waals surface area contributed by atoms with Crippen molar-refractivity contribution >= 4 is 5.97 Å². The van der Waals surface area contributed by atoms with Crippen LogP contribution in [0.25, 0.3) is 0 Å². The molecule has 1 spiro atoms. The van der Waals surface area contributed by atoms with Crippen LogP contribution in [0.1, 0.15) is 97.8 Å². The Hall–Kier alpha value is -3.45. The first-order chi connectivity index (χ1) is 33.7. The van der Waals surface area contributed by atoms with Crippen molar-refractivity contribution in [2.45, 2.75) is 184 Å². The third-order valence-electron chi connectivity index (χ3n) is 15.8. The summed E-state index contributed by atoms with van der Waals surface area (Å²) in [5, 5.41) is 187. The predicted molar refractivity (Wildman–Crippen MR) is 241 cm³/mol. The van der Waals surface area contributed by atoms with Crippen molar-refractivity contribution in [3.05, 3.63) is 46.9 Å². The molecule has 4 saturated carbocycles. The lowest BCUT2D eigenvalue weighted by Gasteiger charge is -2.64. The highest BCUT2D eigenvalue weighted by atomic mass is 16.7. The van der Waals surface area contributed by atoms with Gasteiger partial charge in [-0.15, -0.1) is 0 Å². The SMILES string of the molecule is C=C1CC23CCC4C(C)(C(=O)OC5OC(CO)C(O)C(O)C5OC(O)C(O)C(C)O)CCCC4(C)C2CCC1(OC(O)/C(O/C(O)=C(/O)C(O)CCO)=C(\OC(O)/C(O)=C(/O)C(O)CCO)C(O)CCO)C3. The number of aliphatic hydroxyl groups excluding tert-OH is 18. The van der Waals surface area contributed by atoms with Crippen LogP contribution >= 0.6 is 0 Å². The first-order valence-electron chi connectivity index (χ1n) is 24.2. The summed E-state index contributed by atoms with van der Waals surface area (Å²) >= 11 is 0. The highest BCUT2D eigenvalue weighted by Crippen LogP contribution is 2.73. The summed E-state index contributed by atoms with van der Waals surface area (Å²) in [6, 6.07) is 0. The standard InChI is InChI=1S/C47H76O25/c1-21-18-46-13-6-27-44(3,11-5-12-45(27,4)43(66)71-42-36(69-38(62)29(56)22(2)52)33(60)32(59)26(19-51)67-42)28(46)7-14-47(21,20-46)72-41(65)37(70-39(63)31(58)24(54)9-16-49)35(25(55)10-17-50)68-40(64)34(61)30(57)23(53)8-15-48/h22-29,32-33,36,38,40-42,48-65H,1,5-20H2,2-4H3/b34-30-,37-35+,39-31+. The molecule has 25 nitrogen and oxygen atoms in total. The van der Waals surface area contributed by atoms with Gasteiger partial charge in [-0.3, -0.25) is 4.79 Å². The maximum Gasteiger partial charge on any atom is 0.324 e. The molecule has 5 fully saturated rings. The van der Waals surface area contributed by atoms with Gasteiger partial charge in [0, 0.05) is 39.1 Å². The average molecular weight is 1040 g/mol. The third-order valence-corrected chi connectivity index (χ3v) is 15.8. The van der Waals surface area contributed by atoms with Crippen molar-refractivity contribution in [3.63, 3.8) is 0 Å². The number of hydrogen-bond donors (Lipinski definition) is 18. The number of hydrogen-bond acceptors (Lipinski definition) is 25. The van der Waals surface area contributed by atoms with E-state index in [1.54, 1.807) is 6.92 Å². The Morgan fingerprint density at radius 1 is 0.750 bits per heavy atom. The minimum Gasteiger partial charge on any atom is -0.506 e. The first kappa shape index (κ1) is 59.4. The van der Waals surface area contributed by atoms with E-state index >= 15 is 0 Å². The molecule has 72 heavy (non-hydrogen) atoms. The number of carbonyl (C=O) groups is 1. The predicted octanol–water partition coefficient (Wildman–Crippen LogP) is -1.75. The van der Waals surface area contributed by atoms with E-state index in [1.165, 1.54) is 6.92 Å². The van der Waals surface area contributed by atoms with E-state index in [0.29, 0.717) is 50.5 Å². The lowest BCUT2D eigenvalue weighted by molar-refractivity contribution is -0.335. The second kappa shape index (κ2) is 24.0. The molecule has 1 heterocycles. The lowest BCUT2D eigenvalue weighted by atomic mass is 9.41. The Morgan fingerprint density at radius 3 is 1.94 bits per heavy atom. The number of esters is 1. The summed E-state index contributed by atoms with van der Waals surface area (Å²) in [4.78, 5) is 14.6. The van der Waals surface area contributed by atoms with Crippen LogP contribution in [-0.4, -0.2) is 210 Å². The van der Waals surface area contributed by atoms with Crippen LogP contribution in [0.15, 0.2) is 46.9 Å². The van der Waals surface area contributed by atoms with Crippen LogP contribution in [0.3, 0.4) is 0 Å². The van der Waals surface area contributed by atoms with Gasteiger partial charge >= 0.3 is 11.9 Å². The molecule has 18 N–H and O–H groups in total.